The first-order valence-electron chi connectivity index (χ1n) is 7.38. The lowest BCUT2D eigenvalue weighted by atomic mass is 9.95. The third-order valence-electron chi connectivity index (χ3n) is 4.16. The van der Waals surface area contributed by atoms with Gasteiger partial charge in [0.2, 0.25) is 0 Å². The molecule has 23 heavy (non-hydrogen) atoms. The van der Waals surface area contributed by atoms with Gasteiger partial charge in [-0.1, -0.05) is 0 Å². The van der Waals surface area contributed by atoms with Crippen LogP contribution in [0.4, 0.5) is 0 Å². The van der Waals surface area contributed by atoms with Gasteiger partial charge < -0.3 is 9.47 Å². The second-order valence-electron chi connectivity index (χ2n) is 5.87. The van der Waals surface area contributed by atoms with Crippen LogP contribution in [0.3, 0.4) is 0 Å². The number of hydrogen-bond acceptors (Lipinski definition) is 5. The molecule has 0 spiro atoms. The van der Waals surface area contributed by atoms with Gasteiger partial charge in [0.25, 0.3) is 5.91 Å². The van der Waals surface area contributed by atoms with Gasteiger partial charge in [0.15, 0.2) is 15.7 Å². The minimum absolute atomic E-state index is 0.0693. The van der Waals surface area contributed by atoms with Gasteiger partial charge in [0.05, 0.1) is 11.9 Å². The van der Waals surface area contributed by atoms with E-state index in [0.29, 0.717) is 24.6 Å². The molecular formula is C14H19N5O3S. The molecule has 3 heterocycles. The monoisotopic (exact) mass is 337 g/mol. The van der Waals surface area contributed by atoms with Gasteiger partial charge in [-0.05, 0) is 12.8 Å². The molecule has 124 valence electrons. The van der Waals surface area contributed by atoms with Crippen LogP contribution in [0.5, 0.6) is 0 Å². The maximum absolute atomic E-state index is 12.6. The van der Waals surface area contributed by atoms with Crippen molar-refractivity contribution in [1.82, 2.24) is 24.6 Å². The summed E-state index contributed by atoms with van der Waals surface area (Å²) >= 11 is 0. The van der Waals surface area contributed by atoms with E-state index in [1.165, 1.54) is 12.5 Å². The smallest absolute Gasteiger partial charge is 0.289 e. The number of aromatic nitrogens is 4. The summed E-state index contributed by atoms with van der Waals surface area (Å²) in [5.74, 6) is 0.182. The summed E-state index contributed by atoms with van der Waals surface area (Å²) in [4.78, 5) is 18.6. The van der Waals surface area contributed by atoms with Crippen molar-refractivity contribution in [3.05, 3.63) is 30.1 Å². The molecule has 0 aromatic carbocycles. The van der Waals surface area contributed by atoms with Crippen molar-refractivity contribution in [2.24, 2.45) is 7.05 Å². The average Bonchev–Trinajstić information content (AvgIpc) is 3.15. The number of imidazole rings is 1. The molecule has 1 saturated heterocycles. The van der Waals surface area contributed by atoms with E-state index in [9.17, 15) is 13.2 Å². The number of piperidine rings is 1. The first kappa shape index (κ1) is 15.7. The van der Waals surface area contributed by atoms with Crippen LogP contribution in [0.1, 0.15) is 35.1 Å². The van der Waals surface area contributed by atoms with Gasteiger partial charge >= 0.3 is 0 Å². The zero-order chi connectivity index (χ0) is 16.6. The molecule has 0 bridgehead atoms. The Hall–Kier alpha value is -2.16. The quantitative estimate of drug-likeness (QED) is 0.882. The average molecular weight is 337 g/mol. The Morgan fingerprint density at radius 3 is 2.87 bits per heavy atom. The first-order valence-corrected chi connectivity index (χ1v) is 9.27. The van der Waals surface area contributed by atoms with Gasteiger partial charge in [0.1, 0.15) is 4.90 Å². The predicted octanol–water partition coefficient (Wildman–Crippen LogP) is 0.567. The van der Waals surface area contributed by atoms with Crippen LogP contribution in [0.2, 0.25) is 0 Å². The van der Waals surface area contributed by atoms with Crippen LogP contribution in [-0.2, 0) is 16.9 Å². The Kier molecular flexibility index (Phi) is 3.97. The van der Waals surface area contributed by atoms with E-state index in [1.54, 1.807) is 28.9 Å². The minimum Gasteiger partial charge on any atom is -0.335 e. The molecule has 0 aliphatic carbocycles. The van der Waals surface area contributed by atoms with E-state index < -0.39 is 9.84 Å². The number of rotatable bonds is 3. The summed E-state index contributed by atoms with van der Waals surface area (Å²) in [6.07, 6.45) is 7.44. The molecule has 1 aliphatic rings. The summed E-state index contributed by atoms with van der Waals surface area (Å²) in [7, 11) is -1.56. The van der Waals surface area contributed by atoms with Crippen LogP contribution in [0.25, 0.3) is 0 Å². The van der Waals surface area contributed by atoms with Crippen LogP contribution in [-0.4, -0.2) is 58.3 Å². The van der Waals surface area contributed by atoms with Crippen molar-refractivity contribution >= 4 is 15.7 Å². The minimum atomic E-state index is -3.34. The Labute approximate surface area is 134 Å². The van der Waals surface area contributed by atoms with Crippen molar-refractivity contribution in [1.29, 1.82) is 0 Å². The Morgan fingerprint density at radius 1 is 1.43 bits per heavy atom. The van der Waals surface area contributed by atoms with Crippen molar-refractivity contribution in [3.63, 3.8) is 0 Å². The fourth-order valence-electron chi connectivity index (χ4n) is 2.98. The van der Waals surface area contributed by atoms with E-state index in [4.69, 9.17) is 0 Å². The highest BCUT2D eigenvalue weighted by molar-refractivity contribution is 7.90. The Balaban J connectivity index is 1.84. The normalized spacial score (nSPS) is 19.0. The van der Waals surface area contributed by atoms with Crippen LogP contribution < -0.4 is 0 Å². The third kappa shape index (κ3) is 3.00. The van der Waals surface area contributed by atoms with Crippen molar-refractivity contribution in [2.45, 2.75) is 23.7 Å². The Bertz CT molecular complexity index is 823. The molecule has 0 saturated carbocycles. The number of nitrogens with zero attached hydrogens (tertiary/aromatic N) is 4. The fourth-order valence-corrected chi connectivity index (χ4v) is 3.84. The number of likely N-dealkylation sites (tertiary alicyclic amines) is 1. The summed E-state index contributed by atoms with van der Waals surface area (Å²) < 4.78 is 25.4. The van der Waals surface area contributed by atoms with E-state index in [1.807, 2.05) is 0 Å². The molecule has 1 fully saturated rings. The van der Waals surface area contributed by atoms with Crippen molar-refractivity contribution in [3.8, 4) is 0 Å². The van der Waals surface area contributed by atoms with E-state index >= 15 is 0 Å². The SMILES string of the molecule is Cn1ccnc1C(=O)N1CCC[C@@H](c2[nH]ncc2S(C)(=O)=O)C1. The van der Waals surface area contributed by atoms with Gasteiger partial charge in [-0.3, -0.25) is 9.89 Å². The molecule has 1 N–H and O–H groups in total. The molecule has 1 atom stereocenters. The van der Waals surface area contributed by atoms with Gasteiger partial charge in [0, 0.05) is 44.7 Å². The number of hydrogen-bond donors (Lipinski definition) is 1. The van der Waals surface area contributed by atoms with Crippen LogP contribution in [0.15, 0.2) is 23.5 Å². The van der Waals surface area contributed by atoms with Gasteiger partial charge in [-0.2, -0.15) is 5.10 Å². The van der Waals surface area contributed by atoms with E-state index in [-0.39, 0.29) is 16.7 Å². The maximum atomic E-state index is 12.6. The van der Waals surface area contributed by atoms with E-state index in [2.05, 4.69) is 15.2 Å². The molecule has 0 radical (unpaired) electrons. The van der Waals surface area contributed by atoms with Crippen molar-refractivity contribution < 1.29 is 13.2 Å². The number of amides is 1. The van der Waals surface area contributed by atoms with Crippen LogP contribution >= 0.6 is 0 Å². The van der Waals surface area contributed by atoms with Crippen molar-refractivity contribution in [2.75, 3.05) is 19.3 Å². The van der Waals surface area contributed by atoms with Gasteiger partial charge in [-0.25, -0.2) is 13.4 Å². The molecule has 9 heteroatoms. The number of nitrogens with one attached hydrogen (secondary N) is 1. The molecule has 2 aromatic rings. The first-order chi connectivity index (χ1) is 10.9. The molecule has 3 rings (SSSR count). The molecule has 1 aliphatic heterocycles. The topological polar surface area (TPSA) is 101 Å². The summed E-state index contributed by atoms with van der Waals surface area (Å²) in [5, 5.41) is 6.67. The highest BCUT2D eigenvalue weighted by Crippen LogP contribution is 2.30. The zero-order valence-corrected chi connectivity index (χ0v) is 13.9. The second kappa shape index (κ2) is 5.80. The number of aromatic amines is 1. The molecule has 0 unspecified atom stereocenters. The molecular weight excluding hydrogens is 318 g/mol. The Morgan fingerprint density at radius 2 is 2.22 bits per heavy atom. The molecule has 2 aromatic heterocycles. The molecule has 1 amide bonds. The lowest BCUT2D eigenvalue weighted by Gasteiger charge is -2.32. The summed E-state index contributed by atoms with van der Waals surface area (Å²) in [6, 6.07) is 0. The zero-order valence-electron chi connectivity index (χ0n) is 13.1. The summed E-state index contributed by atoms with van der Waals surface area (Å²) in [6.45, 7) is 1.10. The lowest BCUT2D eigenvalue weighted by Crippen LogP contribution is -2.40. The number of sulfone groups is 1. The largest absolute Gasteiger partial charge is 0.335 e. The third-order valence-corrected chi connectivity index (χ3v) is 5.29. The summed E-state index contributed by atoms with van der Waals surface area (Å²) in [5.41, 5.74) is 0.588. The fraction of sp³-hybridized carbons (Fsp3) is 0.500. The van der Waals surface area contributed by atoms with Crippen LogP contribution in [0, 0.1) is 0 Å². The highest BCUT2D eigenvalue weighted by Gasteiger charge is 2.31. The number of aryl methyl sites for hydroxylation is 1. The highest BCUT2D eigenvalue weighted by atomic mass is 32.2. The standard InChI is InChI=1S/C14H19N5O3S/c1-18-7-5-15-13(18)14(20)19-6-3-4-10(9-19)12-11(8-16-17-12)23(2,21)22/h5,7-8,10H,3-4,6,9H2,1-2H3,(H,16,17)/t10-/m1/s1. The number of carbonyl (C=O) groups excluding carboxylic acids is 1. The molecule has 8 nitrogen and oxygen atoms in total. The predicted molar refractivity (Wildman–Crippen MR) is 82.8 cm³/mol. The van der Waals surface area contributed by atoms with Gasteiger partial charge in [-0.15, -0.1) is 0 Å². The number of carbonyl (C=O) groups is 1. The number of H-pyrrole nitrogens is 1. The second-order valence-corrected chi connectivity index (χ2v) is 7.86. The van der Waals surface area contributed by atoms with E-state index in [0.717, 1.165) is 12.8 Å². The lowest BCUT2D eigenvalue weighted by molar-refractivity contribution is 0.0689. The maximum Gasteiger partial charge on any atom is 0.289 e.